The molecule has 1 heterocycles. The Kier molecular flexibility index (Phi) is 5.36. The highest BCUT2D eigenvalue weighted by Crippen LogP contribution is 2.34. The van der Waals surface area contributed by atoms with E-state index in [1.165, 1.54) is 34.1 Å². The van der Waals surface area contributed by atoms with Crippen LogP contribution >= 0.6 is 12.4 Å². The first-order valence-corrected chi connectivity index (χ1v) is 8.80. The summed E-state index contributed by atoms with van der Waals surface area (Å²) in [5.74, 6) is 0.358. The zero-order valence-electron chi connectivity index (χ0n) is 14.5. The van der Waals surface area contributed by atoms with Gasteiger partial charge in [-0.1, -0.05) is 30.3 Å². The molecular weight excluding hydrogens is 332 g/mol. The van der Waals surface area contributed by atoms with Crippen LogP contribution in [0.2, 0.25) is 0 Å². The van der Waals surface area contributed by atoms with Gasteiger partial charge in [-0.05, 0) is 62.1 Å². The van der Waals surface area contributed by atoms with Gasteiger partial charge in [-0.2, -0.15) is 0 Å². The van der Waals surface area contributed by atoms with E-state index in [0.29, 0.717) is 11.8 Å². The molecule has 1 atom stereocenters. The summed E-state index contributed by atoms with van der Waals surface area (Å²) in [7, 11) is 2.04. The number of nitrogens with one attached hydrogen (secondary N) is 1. The van der Waals surface area contributed by atoms with Crippen molar-refractivity contribution in [3.63, 3.8) is 0 Å². The molecule has 1 aromatic heterocycles. The van der Waals surface area contributed by atoms with Gasteiger partial charge in [0, 0.05) is 29.2 Å². The molecule has 0 bridgehead atoms. The van der Waals surface area contributed by atoms with Gasteiger partial charge in [-0.3, -0.25) is 0 Å². The van der Waals surface area contributed by atoms with E-state index in [4.69, 9.17) is 0 Å². The maximum absolute atomic E-state index is 9.95. The molecule has 0 amide bonds. The minimum absolute atomic E-state index is 0. The molecule has 1 aliphatic rings. The van der Waals surface area contributed by atoms with Gasteiger partial charge >= 0.3 is 0 Å². The third-order valence-electron chi connectivity index (χ3n) is 5.33. The van der Waals surface area contributed by atoms with Crippen LogP contribution < -0.4 is 5.32 Å². The van der Waals surface area contributed by atoms with Gasteiger partial charge in [-0.15, -0.1) is 12.4 Å². The Morgan fingerprint density at radius 3 is 2.72 bits per heavy atom. The molecule has 0 saturated heterocycles. The molecule has 1 unspecified atom stereocenters. The number of benzene rings is 2. The van der Waals surface area contributed by atoms with Gasteiger partial charge in [0.2, 0.25) is 0 Å². The number of phenols is 1. The molecule has 0 radical (unpaired) electrons. The molecule has 3 nitrogen and oxygen atoms in total. The molecule has 0 aliphatic heterocycles. The number of fused-ring (bicyclic) bond motifs is 3. The van der Waals surface area contributed by atoms with E-state index < -0.39 is 0 Å². The molecule has 0 fully saturated rings. The molecular formula is C21H25ClN2O. The standard InChI is InChI=1S/C21H24N2O.ClH/c1-22-16-7-9-20-18(13-16)19-14-17(24)8-10-21(19)23(20)12-11-15-5-3-2-4-6-15;/h2-6,8,10,14,16,22,24H,7,9,11-13H2,1H3;1H. The Hall–Kier alpha value is -1.97. The first-order chi connectivity index (χ1) is 11.8. The lowest BCUT2D eigenvalue weighted by Crippen LogP contribution is -2.31. The van der Waals surface area contributed by atoms with Crippen LogP contribution in [0.3, 0.4) is 0 Å². The summed E-state index contributed by atoms with van der Waals surface area (Å²) in [6.07, 6.45) is 4.36. The summed E-state index contributed by atoms with van der Waals surface area (Å²) in [5.41, 5.74) is 5.50. The van der Waals surface area contributed by atoms with Crippen molar-refractivity contribution in [2.45, 2.75) is 38.3 Å². The molecule has 2 N–H and O–H groups in total. The lowest BCUT2D eigenvalue weighted by atomic mass is 9.91. The average Bonchev–Trinajstić information content (AvgIpc) is 2.93. The zero-order valence-corrected chi connectivity index (χ0v) is 15.4. The summed E-state index contributed by atoms with van der Waals surface area (Å²) in [6.45, 7) is 0.991. The predicted molar refractivity (Wildman–Crippen MR) is 106 cm³/mol. The predicted octanol–water partition coefficient (Wildman–Crippen LogP) is 4.09. The number of aromatic hydroxyl groups is 1. The number of hydrogen-bond acceptors (Lipinski definition) is 2. The quantitative estimate of drug-likeness (QED) is 0.738. The van der Waals surface area contributed by atoms with Crippen LogP contribution in [-0.4, -0.2) is 22.8 Å². The minimum atomic E-state index is 0. The van der Waals surface area contributed by atoms with E-state index in [1.807, 2.05) is 19.2 Å². The first-order valence-electron chi connectivity index (χ1n) is 8.80. The molecule has 4 rings (SSSR count). The summed E-state index contributed by atoms with van der Waals surface area (Å²) < 4.78 is 2.48. The fourth-order valence-corrected chi connectivity index (χ4v) is 4.03. The van der Waals surface area contributed by atoms with E-state index in [1.54, 1.807) is 0 Å². The van der Waals surface area contributed by atoms with Gasteiger partial charge in [-0.25, -0.2) is 0 Å². The van der Waals surface area contributed by atoms with Gasteiger partial charge < -0.3 is 15.0 Å². The normalized spacial score (nSPS) is 16.4. The fraction of sp³-hybridized carbons (Fsp3) is 0.333. The molecule has 3 aromatic rings. The highest BCUT2D eigenvalue weighted by Gasteiger charge is 2.24. The highest BCUT2D eigenvalue weighted by molar-refractivity contribution is 5.87. The van der Waals surface area contributed by atoms with Gasteiger partial charge in [0.1, 0.15) is 5.75 Å². The fourth-order valence-electron chi connectivity index (χ4n) is 4.03. The van der Waals surface area contributed by atoms with E-state index in [9.17, 15) is 5.11 Å². The maximum Gasteiger partial charge on any atom is 0.116 e. The molecule has 1 aliphatic carbocycles. The van der Waals surface area contributed by atoms with Crippen molar-refractivity contribution in [3.8, 4) is 5.75 Å². The Balaban J connectivity index is 0.00000182. The number of aromatic nitrogens is 1. The molecule has 0 saturated carbocycles. The highest BCUT2D eigenvalue weighted by atomic mass is 35.5. The monoisotopic (exact) mass is 356 g/mol. The third-order valence-corrected chi connectivity index (χ3v) is 5.33. The number of halogens is 1. The largest absolute Gasteiger partial charge is 0.508 e. The summed E-state index contributed by atoms with van der Waals surface area (Å²) >= 11 is 0. The zero-order chi connectivity index (χ0) is 16.5. The third kappa shape index (κ3) is 3.39. The van der Waals surface area contributed by atoms with Crippen molar-refractivity contribution < 1.29 is 5.11 Å². The maximum atomic E-state index is 9.95. The van der Waals surface area contributed by atoms with Crippen LogP contribution in [0.5, 0.6) is 5.75 Å². The van der Waals surface area contributed by atoms with Crippen molar-refractivity contribution in [2.75, 3.05) is 7.05 Å². The second kappa shape index (κ2) is 7.51. The van der Waals surface area contributed by atoms with Gasteiger partial charge in [0.25, 0.3) is 0 Å². The van der Waals surface area contributed by atoms with Crippen molar-refractivity contribution in [3.05, 3.63) is 65.4 Å². The molecule has 132 valence electrons. The van der Waals surface area contributed by atoms with Crippen LogP contribution in [0.15, 0.2) is 48.5 Å². The molecule has 2 aromatic carbocycles. The SMILES string of the molecule is CNC1CCc2c(c3cc(O)ccc3n2CCc2ccccc2)C1.Cl. The average molecular weight is 357 g/mol. The van der Waals surface area contributed by atoms with E-state index in [0.717, 1.165) is 25.8 Å². The van der Waals surface area contributed by atoms with E-state index in [-0.39, 0.29) is 12.4 Å². The minimum Gasteiger partial charge on any atom is -0.508 e. The van der Waals surface area contributed by atoms with E-state index in [2.05, 4.69) is 46.3 Å². The van der Waals surface area contributed by atoms with E-state index >= 15 is 0 Å². The second-order valence-corrected chi connectivity index (χ2v) is 6.74. The number of nitrogens with zero attached hydrogens (tertiary/aromatic N) is 1. The molecule has 4 heteroatoms. The summed E-state index contributed by atoms with van der Waals surface area (Å²) in [6, 6.07) is 17.0. The summed E-state index contributed by atoms with van der Waals surface area (Å²) in [4.78, 5) is 0. The Morgan fingerprint density at radius 2 is 1.96 bits per heavy atom. The number of aryl methyl sites for hydroxylation is 2. The lowest BCUT2D eigenvalue weighted by molar-refractivity contribution is 0.475. The number of hydrogen-bond donors (Lipinski definition) is 2. The van der Waals surface area contributed by atoms with Crippen LogP contribution in [-0.2, 0) is 25.8 Å². The number of phenolic OH excluding ortho intramolecular Hbond substituents is 1. The Labute approximate surface area is 155 Å². The Bertz CT molecular complexity index is 857. The molecule has 25 heavy (non-hydrogen) atoms. The smallest absolute Gasteiger partial charge is 0.116 e. The van der Waals surface area contributed by atoms with Gasteiger partial charge in [0.05, 0.1) is 0 Å². The van der Waals surface area contributed by atoms with Crippen LogP contribution in [0, 0.1) is 0 Å². The Morgan fingerprint density at radius 1 is 1.16 bits per heavy atom. The van der Waals surface area contributed by atoms with Crippen molar-refractivity contribution in [1.82, 2.24) is 9.88 Å². The molecule has 0 spiro atoms. The first kappa shape index (κ1) is 17.8. The van der Waals surface area contributed by atoms with Crippen LogP contribution in [0.1, 0.15) is 23.2 Å². The lowest BCUT2D eigenvalue weighted by Gasteiger charge is -2.23. The number of rotatable bonds is 4. The van der Waals surface area contributed by atoms with Crippen LogP contribution in [0.4, 0.5) is 0 Å². The second-order valence-electron chi connectivity index (χ2n) is 6.74. The topological polar surface area (TPSA) is 37.2 Å². The number of likely N-dealkylation sites (N-methyl/N-ethyl adjacent to an activating group) is 1. The van der Waals surface area contributed by atoms with Gasteiger partial charge in [0.15, 0.2) is 0 Å². The van der Waals surface area contributed by atoms with Crippen molar-refractivity contribution in [1.29, 1.82) is 0 Å². The summed E-state index contributed by atoms with van der Waals surface area (Å²) in [5, 5.41) is 14.6. The van der Waals surface area contributed by atoms with Crippen molar-refractivity contribution in [2.24, 2.45) is 0 Å². The van der Waals surface area contributed by atoms with Crippen LogP contribution in [0.25, 0.3) is 10.9 Å². The van der Waals surface area contributed by atoms with Crippen molar-refractivity contribution >= 4 is 23.3 Å².